The molecule has 1 saturated carbocycles. The number of aryl methyl sites for hydroxylation is 1. The maximum atomic E-state index is 5.61. The van der Waals surface area contributed by atoms with Gasteiger partial charge in [0.15, 0.2) is 0 Å². The predicted molar refractivity (Wildman–Crippen MR) is 82.8 cm³/mol. The summed E-state index contributed by atoms with van der Waals surface area (Å²) in [5.41, 5.74) is 1.44. The molecule has 3 rings (SSSR count). The third kappa shape index (κ3) is 3.28. The normalized spacial score (nSPS) is 30.8. The van der Waals surface area contributed by atoms with Gasteiger partial charge < -0.3 is 9.73 Å². The molecule has 1 aromatic heterocycles. The third-order valence-corrected chi connectivity index (χ3v) is 5.27. The molecular formula is C18H29NO. The van der Waals surface area contributed by atoms with Crippen molar-refractivity contribution in [1.82, 2.24) is 5.32 Å². The van der Waals surface area contributed by atoms with Crippen molar-refractivity contribution in [2.24, 2.45) is 5.92 Å². The van der Waals surface area contributed by atoms with Crippen LogP contribution in [0.2, 0.25) is 0 Å². The van der Waals surface area contributed by atoms with E-state index in [4.69, 9.17) is 4.42 Å². The van der Waals surface area contributed by atoms with E-state index in [1.54, 1.807) is 0 Å². The van der Waals surface area contributed by atoms with Gasteiger partial charge in [0.05, 0.1) is 6.26 Å². The average Bonchev–Trinajstić information content (AvgIpc) is 2.83. The second kappa shape index (κ2) is 6.80. The van der Waals surface area contributed by atoms with Crippen molar-refractivity contribution in [2.75, 3.05) is 0 Å². The van der Waals surface area contributed by atoms with Crippen molar-refractivity contribution in [3.8, 4) is 0 Å². The smallest absolute Gasteiger partial charge is 0.108 e. The van der Waals surface area contributed by atoms with Crippen LogP contribution in [0.3, 0.4) is 0 Å². The molecule has 2 heteroatoms. The summed E-state index contributed by atoms with van der Waals surface area (Å²) in [5, 5.41) is 3.94. The van der Waals surface area contributed by atoms with Crippen molar-refractivity contribution in [1.29, 1.82) is 0 Å². The molecule has 2 nitrogen and oxygen atoms in total. The number of furan rings is 1. The summed E-state index contributed by atoms with van der Waals surface area (Å²) in [7, 11) is 0. The number of fused-ring (bicyclic) bond motifs is 1. The highest BCUT2D eigenvalue weighted by molar-refractivity contribution is 5.24. The van der Waals surface area contributed by atoms with E-state index in [2.05, 4.69) is 18.3 Å². The summed E-state index contributed by atoms with van der Waals surface area (Å²) >= 11 is 0. The van der Waals surface area contributed by atoms with Crippen LogP contribution in [0, 0.1) is 5.92 Å². The minimum absolute atomic E-state index is 0.547. The lowest BCUT2D eigenvalue weighted by molar-refractivity contribution is 0.347. The molecule has 1 fully saturated rings. The van der Waals surface area contributed by atoms with Gasteiger partial charge >= 0.3 is 0 Å². The van der Waals surface area contributed by atoms with Crippen LogP contribution in [0.15, 0.2) is 16.7 Å². The van der Waals surface area contributed by atoms with Crippen molar-refractivity contribution in [3.63, 3.8) is 0 Å². The Kier molecular flexibility index (Phi) is 4.82. The standard InChI is InChI=1S/C18H29NO/c1-2-5-14-6-3-7-15(11-10-14)19-17-8-4-9-18-16(17)12-13-20-18/h12-15,17,19H,2-11H2,1H3. The molecule has 0 aliphatic heterocycles. The monoisotopic (exact) mass is 275 g/mol. The summed E-state index contributed by atoms with van der Waals surface area (Å²) in [4.78, 5) is 0. The molecule has 112 valence electrons. The van der Waals surface area contributed by atoms with E-state index in [-0.39, 0.29) is 0 Å². The molecule has 0 spiro atoms. The Morgan fingerprint density at radius 1 is 1.15 bits per heavy atom. The Labute approximate surface area is 123 Å². The topological polar surface area (TPSA) is 25.2 Å². The van der Waals surface area contributed by atoms with E-state index in [1.165, 1.54) is 69.1 Å². The van der Waals surface area contributed by atoms with Gasteiger partial charge in [-0.2, -0.15) is 0 Å². The van der Waals surface area contributed by atoms with Gasteiger partial charge in [-0.3, -0.25) is 0 Å². The summed E-state index contributed by atoms with van der Waals surface area (Å²) in [6, 6.07) is 3.45. The fraction of sp³-hybridized carbons (Fsp3) is 0.778. The molecule has 1 heterocycles. The zero-order valence-electron chi connectivity index (χ0n) is 12.9. The molecule has 1 aromatic rings. The lowest BCUT2D eigenvalue weighted by Crippen LogP contribution is -2.34. The molecular weight excluding hydrogens is 246 g/mol. The number of hydrogen-bond acceptors (Lipinski definition) is 2. The predicted octanol–water partition coefficient (Wildman–Crippen LogP) is 5.00. The highest BCUT2D eigenvalue weighted by Crippen LogP contribution is 2.33. The SMILES string of the molecule is CCCC1CCCC(NC2CCCc3occc32)CC1. The molecule has 0 saturated heterocycles. The fourth-order valence-corrected chi connectivity index (χ4v) is 4.19. The summed E-state index contributed by atoms with van der Waals surface area (Å²) < 4.78 is 5.61. The van der Waals surface area contributed by atoms with Crippen LogP contribution in [-0.4, -0.2) is 6.04 Å². The van der Waals surface area contributed by atoms with Crippen LogP contribution in [-0.2, 0) is 6.42 Å². The largest absolute Gasteiger partial charge is 0.469 e. The minimum atomic E-state index is 0.547. The Morgan fingerprint density at radius 3 is 3.00 bits per heavy atom. The minimum Gasteiger partial charge on any atom is -0.469 e. The highest BCUT2D eigenvalue weighted by Gasteiger charge is 2.26. The van der Waals surface area contributed by atoms with E-state index in [1.807, 2.05) is 6.26 Å². The van der Waals surface area contributed by atoms with Gasteiger partial charge in [-0.15, -0.1) is 0 Å². The Bertz CT molecular complexity index is 411. The van der Waals surface area contributed by atoms with Gasteiger partial charge in [0.25, 0.3) is 0 Å². The van der Waals surface area contributed by atoms with Gasteiger partial charge in [-0.1, -0.05) is 32.6 Å². The highest BCUT2D eigenvalue weighted by atomic mass is 16.3. The Morgan fingerprint density at radius 2 is 2.10 bits per heavy atom. The Balaban J connectivity index is 1.56. The zero-order chi connectivity index (χ0) is 13.8. The summed E-state index contributed by atoms with van der Waals surface area (Å²) in [6.45, 7) is 2.32. The number of nitrogens with one attached hydrogen (secondary N) is 1. The van der Waals surface area contributed by atoms with Crippen LogP contribution < -0.4 is 5.32 Å². The molecule has 2 aliphatic rings. The van der Waals surface area contributed by atoms with Crippen LogP contribution in [0.1, 0.15) is 82.1 Å². The van der Waals surface area contributed by atoms with E-state index in [9.17, 15) is 0 Å². The summed E-state index contributed by atoms with van der Waals surface area (Å²) in [5.74, 6) is 2.22. The molecule has 2 aliphatic carbocycles. The van der Waals surface area contributed by atoms with Crippen molar-refractivity contribution >= 4 is 0 Å². The average molecular weight is 275 g/mol. The molecule has 3 atom stereocenters. The molecule has 0 aromatic carbocycles. The maximum absolute atomic E-state index is 5.61. The molecule has 1 N–H and O–H groups in total. The first-order chi connectivity index (χ1) is 9.86. The third-order valence-electron chi connectivity index (χ3n) is 5.27. The second-order valence-corrected chi connectivity index (χ2v) is 6.77. The van der Waals surface area contributed by atoms with Crippen molar-refractivity contribution in [2.45, 2.75) is 83.2 Å². The van der Waals surface area contributed by atoms with Crippen LogP contribution in [0.25, 0.3) is 0 Å². The van der Waals surface area contributed by atoms with E-state index >= 15 is 0 Å². The molecule has 3 unspecified atom stereocenters. The van der Waals surface area contributed by atoms with E-state index in [0.717, 1.165) is 18.4 Å². The van der Waals surface area contributed by atoms with Gasteiger partial charge in [0.2, 0.25) is 0 Å². The number of rotatable bonds is 4. The van der Waals surface area contributed by atoms with Gasteiger partial charge in [-0.05, 0) is 44.1 Å². The van der Waals surface area contributed by atoms with Crippen LogP contribution >= 0.6 is 0 Å². The molecule has 0 bridgehead atoms. The first kappa shape index (κ1) is 14.2. The molecule has 0 amide bonds. The summed E-state index contributed by atoms with van der Waals surface area (Å²) in [6.07, 6.45) is 15.4. The van der Waals surface area contributed by atoms with Crippen LogP contribution in [0.5, 0.6) is 0 Å². The lowest BCUT2D eigenvalue weighted by Gasteiger charge is -2.28. The Hall–Kier alpha value is -0.760. The molecule has 0 radical (unpaired) electrons. The quantitative estimate of drug-likeness (QED) is 0.783. The second-order valence-electron chi connectivity index (χ2n) is 6.77. The van der Waals surface area contributed by atoms with Gasteiger partial charge in [-0.25, -0.2) is 0 Å². The zero-order valence-corrected chi connectivity index (χ0v) is 12.9. The number of hydrogen-bond donors (Lipinski definition) is 1. The van der Waals surface area contributed by atoms with Gasteiger partial charge in [0, 0.05) is 24.1 Å². The lowest BCUT2D eigenvalue weighted by atomic mass is 9.92. The van der Waals surface area contributed by atoms with E-state index < -0.39 is 0 Å². The maximum Gasteiger partial charge on any atom is 0.108 e. The van der Waals surface area contributed by atoms with E-state index in [0.29, 0.717) is 6.04 Å². The van der Waals surface area contributed by atoms with Crippen LogP contribution in [0.4, 0.5) is 0 Å². The first-order valence-electron chi connectivity index (χ1n) is 8.69. The molecule has 20 heavy (non-hydrogen) atoms. The first-order valence-corrected chi connectivity index (χ1v) is 8.69. The van der Waals surface area contributed by atoms with Crippen molar-refractivity contribution < 1.29 is 4.42 Å². The fourth-order valence-electron chi connectivity index (χ4n) is 4.19. The van der Waals surface area contributed by atoms with Gasteiger partial charge in [0.1, 0.15) is 5.76 Å². The van der Waals surface area contributed by atoms with Crippen molar-refractivity contribution in [3.05, 3.63) is 23.7 Å².